The van der Waals surface area contributed by atoms with Gasteiger partial charge < -0.3 is 33.3 Å². The van der Waals surface area contributed by atoms with Crippen LogP contribution in [0, 0.1) is 0 Å². The number of quaternary nitrogens is 1. The van der Waals surface area contributed by atoms with Gasteiger partial charge in [-0.2, -0.15) is 0 Å². The van der Waals surface area contributed by atoms with Crippen molar-refractivity contribution in [3.63, 3.8) is 0 Å². The lowest BCUT2D eigenvalue weighted by Gasteiger charge is -2.26. The van der Waals surface area contributed by atoms with Gasteiger partial charge in [-0.1, -0.05) is 335 Å². The molecule has 0 aliphatic heterocycles. The van der Waals surface area contributed by atoms with Crippen molar-refractivity contribution in [3.8, 4) is 0 Å². The lowest BCUT2D eigenvalue weighted by molar-refractivity contribution is -0.870. The summed E-state index contributed by atoms with van der Waals surface area (Å²) in [6, 6.07) is 0. The number of hydrogen-bond donors (Lipinski definition) is 0. The number of hydrogen-bond acceptors (Lipinski definition) is 8. The third-order valence-corrected chi connectivity index (χ3v) is 16.2. The zero-order valence-corrected chi connectivity index (χ0v) is 64.7. The molecule has 0 heterocycles. The number of unbranched alkanes of at least 4 members (excludes halogenated alkanes) is 20. The molecule has 0 N–H and O–H groups in total. The maximum absolute atomic E-state index is 13.0. The molecule has 0 aromatic rings. The lowest BCUT2D eigenvalue weighted by Crippen LogP contribution is -2.44. The van der Waals surface area contributed by atoms with E-state index < -0.39 is 24.3 Å². The van der Waals surface area contributed by atoms with Crippen LogP contribution in [0.1, 0.15) is 284 Å². The predicted molar refractivity (Wildman–Crippen MR) is 434 cm³/mol. The number of allylic oxidation sites excluding steroid dienone is 36. The van der Waals surface area contributed by atoms with E-state index in [-0.39, 0.29) is 38.6 Å². The Morgan fingerprint density at radius 2 is 0.535 bits per heavy atom. The van der Waals surface area contributed by atoms with Gasteiger partial charge in [0, 0.05) is 12.8 Å². The number of likely N-dealkylation sites (N-methyl/N-ethyl adjacent to an activating group) is 1. The fourth-order valence-electron chi connectivity index (χ4n) is 10.2. The Morgan fingerprint density at radius 1 is 0.297 bits per heavy atom. The molecular weight excluding hydrogens is 1250 g/mol. The average Bonchev–Trinajstić information content (AvgIpc) is 1.25. The van der Waals surface area contributed by atoms with E-state index in [1.54, 1.807) is 0 Å². The molecule has 0 aromatic heterocycles. The van der Waals surface area contributed by atoms with Crippen molar-refractivity contribution in [1.82, 2.24) is 0 Å². The van der Waals surface area contributed by atoms with Crippen molar-refractivity contribution in [2.45, 2.75) is 296 Å². The number of carbonyl (C=O) groups excluding carboxylic acids is 3. The number of carboxylic acids is 1. The van der Waals surface area contributed by atoms with E-state index in [4.69, 9.17) is 18.9 Å². The predicted octanol–water partition coefficient (Wildman–Crippen LogP) is 24.7. The number of carboxylic acid groups (broad SMARTS) is 1. The number of carbonyl (C=O) groups is 3. The molecule has 0 spiro atoms. The molecule has 0 rings (SSSR count). The Bertz CT molecular complexity index is 2470. The number of rotatable bonds is 71. The van der Waals surface area contributed by atoms with E-state index in [9.17, 15) is 19.5 Å². The van der Waals surface area contributed by atoms with Gasteiger partial charge in [-0.15, -0.1) is 0 Å². The van der Waals surface area contributed by atoms with Gasteiger partial charge in [0.1, 0.15) is 13.2 Å². The summed E-state index contributed by atoms with van der Waals surface area (Å²) >= 11 is 0. The highest BCUT2D eigenvalue weighted by molar-refractivity contribution is 5.70. The largest absolute Gasteiger partial charge is 0.545 e. The Labute approximate surface area is 619 Å². The fraction of sp³-hybridized carbons (Fsp3) is 0.576. The summed E-state index contributed by atoms with van der Waals surface area (Å²) in [5.41, 5.74) is 0. The second-order valence-electron chi connectivity index (χ2n) is 26.9. The van der Waals surface area contributed by atoms with Crippen LogP contribution in [0.25, 0.3) is 0 Å². The SMILES string of the molecule is CC/C=C\C/C=C\C/C=C\C/C=C\C/C=C\C/C=C\C/C=C\C/C=C\C/C=C\C/C=C\C/C=C\CCCCCC(=O)OC(COC(=O)CCCCCCCCCCCCCCCCCCC/C=C\C/C=C\C/C=C\C/C=C\C/C=C\C/C=C\C/C=C\CC)COC(OCC[N+](C)(C)C)C(=O)[O-]. The van der Waals surface area contributed by atoms with Crippen molar-refractivity contribution in [2.75, 3.05) is 47.5 Å². The van der Waals surface area contributed by atoms with Gasteiger partial charge in [0.2, 0.25) is 0 Å². The fourth-order valence-corrected chi connectivity index (χ4v) is 10.2. The quantitative estimate of drug-likeness (QED) is 0.0195. The number of aliphatic carboxylic acids is 1. The molecule has 9 heteroatoms. The van der Waals surface area contributed by atoms with Crippen LogP contribution in [0.15, 0.2) is 219 Å². The molecule has 0 bridgehead atoms. The first-order valence-electron chi connectivity index (χ1n) is 39.9. The Kier molecular flexibility index (Phi) is 74.3. The second kappa shape index (κ2) is 79.3. The minimum Gasteiger partial charge on any atom is -0.545 e. The van der Waals surface area contributed by atoms with Crippen LogP contribution in [0.2, 0.25) is 0 Å². The van der Waals surface area contributed by atoms with Crippen LogP contribution in [0.4, 0.5) is 0 Å². The molecule has 101 heavy (non-hydrogen) atoms. The Morgan fingerprint density at radius 3 is 0.802 bits per heavy atom. The molecule has 0 aliphatic carbocycles. The number of ether oxygens (including phenoxy) is 4. The highest BCUT2D eigenvalue weighted by atomic mass is 16.7. The molecule has 0 radical (unpaired) electrons. The van der Waals surface area contributed by atoms with E-state index in [2.05, 4.69) is 233 Å². The molecule has 566 valence electrons. The zero-order chi connectivity index (χ0) is 73.2. The summed E-state index contributed by atoms with van der Waals surface area (Å²) in [6.45, 7) is 4.47. The van der Waals surface area contributed by atoms with Gasteiger partial charge in [-0.05, 0) is 154 Å². The first kappa shape index (κ1) is 94.6. The third kappa shape index (κ3) is 80.8. The maximum Gasteiger partial charge on any atom is 0.306 e. The molecule has 2 unspecified atom stereocenters. The summed E-state index contributed by atoms with van der Waals surface area (Å²) < 4.78 is 22.8. The highest BCUT2D eigenvalue weighted by Gasteiger charge is 2.22. The van der Waals surface area contributed by atoms with Crippen molar-refractivity contribution >= 4 is 17.9 Å². The smallest absolute Gasteiger partial charge is 0.306 e. The summed E-state index contributed by atoms with van der Waals surface area (Å²) in [4.78, 5) is 37.6. The van der Waals surface area contributed by atoms with Crippen LogP contribution < -0.4 is 5.11 Å². The van der Waals surface area contributed by atoms with Crippen LogP contribution >= 0.6 is 0 Å². The topological polar surface area (TPSA) is 111 Å². The minimum atomic E-state index is -1.65. The van der Waals surface area contributed by atoms with Gasteiger partial charge in [-0.3, -0.25) is 9.59 Å². The van der Waals surface area contributed by atoms with Crippen molar-refractivity contribution in [3.05, 3.63) is 219 Å². The summed E-state index contributed by atoms with van der Waals surface area (Å²) in [6.07, 6.45) is 122. The van der Waals surface area contributed by atoms with Gasteiger partial charge in [0.05, 0.1) is 40.3 Å². The van der Waals surface area contributed by atoms with Crippen molar-refractivity contribution in [1.29, 1.82) is 0 Å². The van der Waals surface area contributed by atoms with Crippen molar-refractivity contribution in [2.24, 2.45) is 0 Å². The third-order valence-electron chi connectivity index (χ3n) is 16.2. The monoisotopic (exact) mass is 1390 g/mol. The van der Waals surface area contributed by atoms with Gasteiger partial charge in [-0.25, -0.2) is 0 Å². The van der Waals surface area contributed by atoms with Crippen LogP contribution in [-0.2, 0) is 33.3 Å². The van der Waals surface area contributed by atoms with E-state index in [1.807, 2.05) is 21.1 Å². The standard InChI is InChI=1S/C92H145NO8/c1-6-8-10-12-14-16-18-20-22-24-26-28-30-32-34-36-38-40-42-44-45-47-48-50-52-54-56-58-60-62-64-66-68-70-72-74-76-78-80-82-89(94)99-86-88(87-100-92(91(96)97)98-85-84-93(3,4)5)101-90(95)83-81-79-77-75-73-71-69-67-65-63-61-59-57-55-53-51-49-46-43-41-39-37-35-33-31-29-27-25-23-21-19-17-15-13-11-9-7-2/h8-11,14-17,20-23,26-29,32-35,38-41,44-46,49,53,55,59,61,65,67,71,73,88,92H,6-7,12-13,18-19,24-25,30-31,36-37,42-43,47-48,50-52,54,56-58,60,62-64,66,68-70,72,74-87H2,1-5H3/b10-8-,11-9-,16-14-,17-15-,22-20-,23-21-,28-26-,29-27-,34-32-,35-33-,40-38-,41-39-,45-44-,49-46-,55-53-,61-59-,67-65-,73-71-. The normalized spacial score (nSPS) is 13.9. The van der Waals surface area contributed by atoms with E-state index in [1.165, 1.54) is 96.3 Å². The zero-order valence-electron chi connectivity index (χ0n) is 64.7. The second-order valence-corrected chi connectivity index (χ2v) is 26.9. The van der Waals surface area contributed by atoms with E-state index in [0.717, 1.165) is 154 Å². The molecular formula is C92H145NO8. The van der Waals surface area contributed by atoms with Gasteiger partial charge >= 0.3 is 11.9 Å². The van der Waals surface area contributed by atoms with Gasteiger partial charge in [0.25, 0.3) is 0 Å². The van der Waals surface area contributed by atoms with Crippen molar-refractivity contribution < 1.29 is 42.9 Å². The molecule has 0 saturated carbocycles. The molecule has 0 saturated heterocycles. The molecule has 9 nitrogen and oxygen atoms in total. The summed E-state index contributed by atoms with van der Waals surface area (Å²) in [5, 5.41) is 11.9. The maximum atomic E-state index is 13.0. The first-order chi connectivity index (χ1) is 49.6. The van der Waals surface area contributed by atoms with Crippen LogP contribution in [0.3, 0.4) is 0 Å². The Balaban J connectivity index is 4.17. The minimum absolute atomic E-state index is 0.131. The summed E-state index contributed by atoms with van der Waals surface area (Å²) in [5.74, 6) is -2.34. The lowest BCUT2D eigenvalue weighted by atomic mass is 10.0. The number of esters is 2. The molecule has 0 amide bonds. The summed E-state index contributed by atoms with van der Waals surface area (Å²) in [7, 11) is 5.91. The molecule has 0 aliphatic rings. The van der Waals surface area contributed by atoms with E-state index in [0.29, 0.717) is 17.4 Å². The average molecular weight is 1390 g/mol. The molecule has 0 fully saturated rings. The highest BCUT2D eigenvalue weighted by Crippen LogP contribution is 2.16. The first-order valence-corrected chi connectivity index (χ1v) is 39.9. The van der Waals surface area contributed by atoms with Crippen LogP contribution in [-0.4, -0.2) is 82.3 Å². The van der Waals surface area contributed by atoms with Gasteiger partial charge in [0.15, 0.2) is 12.4 Å². The number of nitrogens with zero attached hydrogens (tertiary/aromatic N) is 1. The van der Waals surface area contributed by atoms with Crippen LogP contribution in [0.5, 0.6) is 0 Å². The molecule has 0 aromatic carbocycles. The molecule has 2 atom stereocenters. The van der Waals surface area contributed by atoms with E-state index >= 15 is 0 Å². The Hall–Kier alpha value is -6.39.